The van der Waals surface area contributed by atoms with Crippen molar-refractivity contribution in [2.45, 2.75) is 0 Å². The quantitative estimate of drug-likeness (QED) is 0.758. The Morgan fingerprint density at radius 1 is 1.38 bits per heavy atom. The molecular weight excluding hydrogens is 214 g/mol. The number of nitrogens with two attached hydrogens (primary N) is 1. The molecule has 0 saturated heterocycles. The molecule has 0 aliphatic rings. The molecule has 0 spiro atoms. The van der Waals surface area contributed by atoms with Crippen molar-refractivity contribution in [1.29, 1.82) is 0 Å². The highest BCUT2D eigenvalue weighted by Crippen LogP contribution is 2.09. The van der Waals surface area contributed by atoms with Crippen molar-refractivity contribution in [3.8, 4) is 0 Å². The first-order chi connectivity index (χ1) is 7.65. The molecule has 5 heteroatoms. The highest BCUT2D eigenvalue weighted by molar-refractivity contribution is 5.94. The Labute approximate surface area is 91.9 Å². The molecule has 1 amide bonds. The van der Waals surface area contributed by atoms with Gasteiger partial charge in [0, 0.05) is 13.1 Å². The predicted molar refractivity (Wildman–Crippen MR) is 56.9 cm³/mol. The van der Waals surface area contributed by atoms with Crippen molar-refractivity contribution in [3.63, 3.8) is 0 Å². The van der Waals surface area contributed by atoms with Gasteiger partial charge in [0.05, 0.1) is 5.56 Å². The Balaban J connectivity index is 2.65. The molecule has 16 heavy (non-hydrogen) atoms. The normalized spacial score (nSPS) is 10.7. The lowest BCUT2D eigenvalue weighted by Crippen LogP contribution is -2.24. The van der Waals surface area contributed by atoms with E-state index < -0.39 is 17.5 Å². The number of rotatable bonds is 4. The van der Waals surface area contributed by atoms with E-state index in [1.807, 2.05) is 0 Å². The van der Waals surface area contributed by atoms with E-state index in [0.29, 0.717) is 6.54 Å². The molecule has 1 aromatic rings. The Morgan fingerprint density at radius 3 is 2.81 bits per heavy atom. The van der Waals surface area contributed by atoms with Crippen molar-refractivity contribution in [2.75, 3.05) is 13.1 Å². The second-order valence-corrected chi connectivity index (χ2v) is 3.04. The van der Waals surface area contributed by atoms with E-state index in [-0.39, 0.29) is 12.1 Å². The molecule has 1 rings (SSSR count). The van der Waals surface area contributed by atoms with Crippen LogP contribution in [0.15, 0.2) is 30.4 Å². The summed E-state index contributed by atoms with van der Waals surface area (Å²) in [4.78, 5) is 11.4. The number of carbonyl (C=O) groups is 1. The van der Waals surface area contributed by atoms with Gasteiger partial charge in [-0.25, -0.2) is 8.78 Å². The summed E-state index contributed by atoms with van der Waals surface area (Å²) < 4.78 is 25.9. The van der Waals surface area contributed by atoms with Gasteiger partial charge in [0.25, 0.3) is 5.91 Å². The molecule has 0 saturated carbocycles. The first-order valence-corrected chi connectivity index (χ1v) is 4.73. The first kappa shape index (κ1) is 12.3. The van der Waals surface area contributed by atoms with Gasteiger partial charge < -0.3 is 11.1 Å². The van der Waals surface area contributed by atoms with Gasteiger partial charge in [-0.2, -0.15) is 0 Å². The van der Waals surface area contributed by atoms with E-state index in [4.69, 9.17) is 5.73 Å². The van der Waals surface area contributed by atoms with E-state index in [2.05, 4.69) is 5.32 Å². The zero-order valence-corrected chi connectivity index (χ0v) is 8.54. The number of halogens is 2. The van der Waals surface area contributed by atoms with Crippen LogP contribution in [0, 0.1) is 11.6 Å². The molecule has 0 bridgehead atoms. The number of benzene rings is 1. The van der Waals surface area contributed by atoms with Gasteiger partial charge in [-0.3, -0.25) is 4.79 Å². The monoisotopic (exact) mass is 226 g/mol. The van der Waals surface area contributed by atoms with Crippen molar-refractivity contribution in [1.82, 2.24) is 5.32 Å². The summed E-state index contributed by atoms with van der Waals surface area (Å²) in [6.07, 6.45) is 3.29. The third-order valence-corrected chi connectivity index (χ3v) is 1.86. The smallest absolute Gasteiger partial charge is 0.254 e. The van der Waals surface area contributed by atoms with Gasteiger partial charge >= 0.3 is 0 Å². The Kier molecular flexibility index (Phi) is 4.60. The molecule has 0 aliphatic carbocycles. The van der Waals surface area contributed by atoms with E-state index in [1.54, 1.807) is 12.2 Å². The van der Waals surface area contributed by atoms with E-state index in [1.165, 1.54) is 0 Å². The van der Waals surface area contributed by atoms with Gasteiger partial charge in [-0.15, -0.1) is 0 Å². The van der Waals surface area contributed by atoms with Crippen LogP contribution in [0.1, 0.15) is 10.4 Å². The molecule has 0 unspecified atom stereocenters. The minimum Gasteiger partial charge on any atom is -0.348 e. The maximum Gasteiger partial charge on any atom is 0.254 e. The minimum absolute atomic E-state index is 0.228. The molecule has 3 N–H and O–H groups in total. The van der Waals surface area contributed by atoms with Crippen molar-refractivity contribution < 1.29 is 13.6 Å². The number of hydrogen-bond donors (Lipinski definition) is 2. The van der Waals surface area contributed by atoms with E-state index in [9.17, 15) is 13.6 Å². The summed E-state index contributed by atoms with van der Waals surface area (Å²) >= 11 is 0. The van der Waals surface area contributed by atoms with Crippen LogP contribution in [0.5, 0.6) is 0 Å². The summed E-state index contributed by atoms with van der Waals surface area (Å²) in [5.74, 6) is -2.05. The van der Waals surface area contributed by atoms with Gasteiger partial charge in [0.1, 0.15) is 11.6 Å². The van der Waals surface area contributed by atoms with Crippen LogP contribution in [0.25, 0.3) is 0 Å². The summed E-state index contributed by atoms with van der Waals surface area (Å²) in [7, 11) is 0. The average molecular weight is 226 g/mol. The van der Waals surface area contributed by atoms with Crippen LogP contribution in [0.2, 0.25) is 0 Å². The van der Waals surface area contributed by atoms with E-state index >= 15 is 0 Å². The predicted octanol–water partition coefficient (Wildman–Crippen LogP) is 1.21. The standard InChI is InChI=1S/C11H12F2N2O/c12-8-3-4-10(13)9(7-8)11(16)15-6-2-1-5-14/h1-4,7H,5-6,14H2,(H,15,16)/b2-1+. The van der Waals surface area contributed by atoms with Gasteiger partial charge in [0.15, 0.2) is 0 Å². The van der Waals surface area contributed by atoms with Crippen molar-refractivity contribution in [2.24, 2.45) is 5.73 Å². The molecule has 0 aromatic heterocycles. The number of amides is 1. The molecule has 86 valence electrons. The zero-order valence-electron chi connectivity index (χ0n) is 8.54. The van der Waals surface area contributed by atoms with E-state index in [0.717, 1.165) is 18.2 Å². The lowest BCUT2D eigenvalue weighted by Gasteiger charge is -2.03. The maximum atomic E-state index is 13.1. The number of hydrogen-bond acceptors (Lipinski definition) is 2. The molecule has 0 fully saturated rings. The zero-order chi connectivity index (χ0) is 12.0. The van der Waals surface area contributed by atoms with Crippen LogP contribution in [-0.2, 0) is 0 Å². The third-order valence-electron chi connectivity index (χ3n) is 1.86. The molecule has 1 aromatic carbocycles. The van der Waals surface area contributed by atoms with Crippen LogP contribution < -0.4 is 11.1 Å². The molecule has 3 nitrogen and oxygen atoms in total. The fraction of sp³-hybridized carbons (Fsp3) is 0.182. The Hall–Kier alpha value is -1.75. The highest BCUT2D eigenvalue weighted by atomic mass is 19.1. The van der Waals surface area contributed by atoms with Crippen molar-refractivity contribution >= 4 is 5.91 Å². The Morgan fingerprint density at radius 2 is 2.12 bits per heavy atom. The van der Waals surface area contributed by atoms with Crippen LogP contribution in [0.4, 0.5) is 8.78 Å². The summed E-state index contributed by atoms with van der Waals surface area (Å²) in [6.45, 7) is 0.593. The lowest BCUT2D eigenvalue weighted by molar-refractivity contribution is 0.0953. The number of carbonyl (C=O) groups excluding carboxylic acids is 1. The van der Waals surface area contributed by atoms with Crippen molar-refractivity contribution in [3.05, 3.63) is 47.5 Å². The largest absolute Gasteiger partial charge is 0.348 e. The molecule has 0 heterocycles. The van der Waals surface area contributed by atoms with Crippen LogP contribution in [0.3, 0.4) is 0 Å². The SMILES string of the molecule is NC/C=C/CNC(=O)c1cc(F)ccc1F. The van der Waals surface area contributed by atoms with Gasteiger partial charge in [-0.05, 0) is 18.2 Å². The lowest BCUT2D eigenvalue weighted by atomic mass is 10.2. The average Bonchev–Trinajstić information content (AvgIpc) is 2.27. The molecule has 0 atom stereocenters. The molecule has 0 aliphatic heterocycles. The summed E-state index contributed by atoms with van der Waals surface area (Å²) in [5.41, 5.74) is 4.89. The second-order valence-electron chi connectivity index (χ2n) is 3.04. The van der Waals surface area contributed by atoms with Gasteiger partial charge in [-0.1, -0.05) is 12.2 Å². The summed E-state index contributed by atoms with van der Waals surface area (Å²) in [5, 5.41) is 2.41. The number of nitrogens with one attached hydrogen (secondary N) is 1. The summed E-state index contributed by atoms with van der Waals surface area (Å²) in [6, 6.07) is 2.73. The van der Waals surface area contributed by atoms with Crippen LogP contribution in [-0.4, -0.2) is 19.0 Å². The highest BCUT2D eigenvalue weighted by Gasteiger charge is 2.11. The maximum absolute atomic E-state index is 13.1. The third kappa shape index (κ3) is 3.43. The fourth-order valence-electron chi connectivity index (χ4n) is 1.10. The molecule has 0 radical (unpaired) electrons. The second kappa shape index (κ2) is 5.97. The first-order valence-electron chi connectivity index (χ1n) is 4.73. The Bertz CT molecular complexity index is 405. The van der Waals surface area contributed by atoms with Gasteiger partial charge in [0.2, 0.25) is 0 Å². The topological polar surface area (TPSA) is 55.1 Å². The van der Waals surface area contributed by atoms with Crippen LogP contribution >= 0.6 is 0 Å². The molecular formula is C11H12F2N2O. The minimum atomic E-state index is -0.748. The fourth-order valence-corrected chi connectivity index (χ4v) is 1.10.